The molecule has 1 N–H and O–H groups in total. The summed E-state index contributed by atoms with van der Waals surface area (Å²) in [5.41, 5.74) is 2.55. The number of alkyl halides is 3. The van der Waals surface area contributed by atoms with E-state index in [9.17, 15) is 18.0 Å². The Morgan fingerprint density at radius 3 is 2.45 bits per heavy atom. The lowest BCUT2D eigenvalue weighted by atomic mass is 10.0. The Morgan fingerprint density at radius 2 is 1.84 bits per heavy atom. The number of hydrogen-bond donors (Lipinski definition) is 1. The van der Waals surface area contributed by atoms with E-state index in [-0.39, 0.29) is 10.9 Å². The fraction of sp³-hybridized carbons (Fsp3) is 0.286. The van der Waals surface area contributed by atoms with Gasteiger partial charge in [-0.25, -0.2) is 0 Å². The molecule has 1 heterocycles. The Morgan fingerprint density at radius 1 is 1.16 bits per heavy atom. The lowest BCUT2D eigenvalue weighted by Crippen LogP contribution is -2.27. The van der Waals surface area contributed by atoms with Crippen LogP contribution in [-0.4, -0.2) is 22.5 Å². The van der Waals surface area contributed by atoms with Crippen LogP contribution in [0.3, 0.4) is 0 Å². The first-order valence-electron chi connectivity index (χ1n) is 9.38. The highest BCUT2D eigenvalue weighted by atomic mass is 35.5. The molecule has 0 saturated carbocycles. The SMILES string of the molecule is CCc1ccc(CC(NC(C)=O)c2nnc(-c3cc(Cl)cc(OC(F)(F)F)c3)s2)cc1. The van der Waals surface area contributed by atoms with Crippen molar-refractivity contribution in [3.05, 3.63) is 63.6 Å². The lowest BCUT2D eigenvalue weighted by Gasteiger charge is -2.15. The van der Waals surface area contributed by atoms with Gasteiger partial charge in [0.2, 0.25) is 5.91 Å². The quantitative estimate of drug-likeness (QED) is 0.479. The highest BCUT2D eigenvalue weighted by Gasteiger charge is 2.31. The van der Waals surface area contributed by atoms with E-state index in [0.29, 0.717) is 22.0 Å². The molecule has 164 valence electrons. The van der Waals surface area contributed by atoms with Gasteiger partial charge in [-0.15, -0.1) is 23.4 Å². The van der Waals surface area contributed by atoms with Crippen LogP contribution in [-0.2, 0) is 17.6 Å². The second-order valence-electron chi connectivity index (χ2n) is 6.80. The van der Waals surface area contributed by atoms with Gasteiger partial charge in [-0.1, -0.05) is 54.1 Å². The largest absolute Gasteiger partial charge is 0.573 e. The van der Waals surface area contributed by atoms with Crippen LogP contribution in [0.2, 0.25) is 5.02 Å². The van der Waals surface area contributed by atoms with Gasteiger partial charge in [0.05, 0.1) is 6.04 Å². The van der Waals surface area contributed by atoms with Crippen molar-refractivity contribution in [2.24, 2.45) is 0 Å². The number of halogens is 4. The predicted octanol–water partition coefficient (Wildman–Crippen LogP) is 5.74. The number of hydrogen-bond acceptors (Lipinski definition) is 5. The Labute approximate surface area is 186 Å². The van der Waals surface area contributed by atoms with Crippen molar-refractivity contribution < 1.29 is 22.7 Å². The Kier molecular flexibility index (Phi) is 7.17. The molecule has 31 heavy (non-hydrogen) atoms. The molecule has 1 unspecified atom stereocenters. The van der Waals surface area contributed by atoms with Crippen LogP contribution in [0, 0.1) is 0 Å². The van der Waals surface area contributed by atoms with Gasteiger partial charge in [0.1, 0.15) is 15.8 Å². The molecule has 0 saturated heterocycles. The maximum absolute atomic E-state index is 12.6. The lowest BCUT2D eigenvalue weighted by molar-refractivity contribution is -0.274. The summed E-state index contributed by atoms with van der Waals surface area (Å²) in [7, 11) is 0. The highest BCUT2D eigenvalue weighted by molar-refractivity contribution is 7.14. The molecule has 0 spiro atoms. The topological polar surface area (TPSA) is 64.1 Å². The van der Waals surface area contributed by atoms with Gasteiger partial charge in [-0.05, 0) is 42.2 Å². The maximum Gasteiger partial charge on any atom is 0.573 e. The first-order valence-corrected chi connectivity index (χ1v) is 10.6. The van der Waals surface area contributed by atoms with Crippen LogP contribution in [0.1, 0.15) is 36.0 Å². The summed E-state index contributed by atoms with van der Waals surface area (Å²) in [6.07, 6.45) is -3.41. The molecule has 0 aliphatic rings. The first kappa shape index (κ1) is 23.0. The third kappa shape index (κ3) is 6.67. The van der Waals surface area contributed by atoms with Crippen molar-refractivity contribution in [2.75, 3.05) is 0 Å². The molecule has 3 rings (SSSR count). The van der Waals surface area contributed by atoms with Gasteiger partial charge in [0.15, 0.2) is 0 Å². The zero-order chi connectivity index (χ0) is 22.6. The molecule has 5 nitrogen and oxygen atoms in total. The minimum absolute atomic E-state index is 0.0722. The second-order valence-corrected chi connectivity index (χ2v) is 8.24. The number of nitrogens with one attached hydrogen (secondary N) is 1. The molecule has 1 amide bonds. The summed E-state index contributed by atoms with van der Waals surface area (Å²) < 4.78 is 41.7. The predicted molar refractivity (Wildman–Crippen MR) is 113 cm³/mol. The molecule has 0 radical (unpaired) electrons. The average Bonchev–Trinajstić information content (AvgIpc) is 3.16. The number of nitrogens with zero attached hydrogens (tertiary/aromatic N) is 2. The number of ether oxygens (including phenoxy) is 1. The fourth-order valence-electron chi connectivity index (χ4n) is 2.96. The van der Waals surface area contributed by atoms with E-state index in [0.717, 1.165) is 18.1 Å². The molecule has 1 atom stereocenters. The third-order valence-corrected chi connectivity index (χ3v) is 5.64. The summed E-state index contributed by atoms with van der Waals surface area (Å²) in [5.74, 6) is -0.670. The van der Waals surface area contributed by atoms with E-state index < -0.39 is 18.2 Å². The Bertz CT molecular complexity index is 1050. The van der Waals surface area contributed by atoms with E-state index in [4.69, 9.17) is 11.6 Å². The Hall–Kier alpha value is -2.65. The molecule has 3 aromatic rings. The zero-order valence-corrected chi connectivity index (χ0v) is 18.2. The van der Waals surface area contributed by atoms with Crippen LogP contribution in [0.15, 0.2) is 42.5 Å². The number of carbonyl (C=O) groups is 1. The van der Waals surface area contributed by atoms with Crippen LogP contribution < -0.4 is 10.1 Å². The molecular formula is C21H19ClF3N3O2S. The van der Waals surface area contributed by atoms with E-state index in [1.54, 1.807) is 0 Å². The van der Waals surface area contributed by atoms with Crippen molar-refractivity contribution in [1.29, 1.82) is 0 Å². The summed E-state index contributed by atoms with van der Waals surface area (Å²) in [6.45, 7) is 3.48. The van der Waals surface area contributed by atoms with Crippen molar-refractivity contribution >= 4 is 28.8 Å². The van der Waals surface area contributed by atoms with Crippen LogP contribution >= 0.6 is 22.9 Å². The van der Waals surface area contributed by atoms with Crippen molar-refractivity contribution in [3.63, 3.8) is 0 Å². The molecular weight excluding hydrogens is 451 g/mol. The summed E-state index contributed by atoms with van der Waals surface area (Å²) in [5, 5.41) is 12.1. The van der Waals surface area contributed by atoms with Crippen molar-refractivity contribution in [1.82, 2.24) is 15.5 Å². The summed E-state index contributed by atoms with van der Waals surface area (Å²) in [6, 6.07) is 11.4. The van der Waals surface area contributed by atoms with Gasteiger partial charge < -0.3 is 10.1 Å². The smallest absolute Gasteiger partial charge is 0.406 e. The number of rotatable bonds is 7. The number of aryl methyl sites for hydroxylation is 1. The number of carbonyl (C=O) groups excluding carboxylic acids is 1. The van der Waals surface area contributed by atoms with Crippen LogP contribution in [0.25, 0.3) is 10.6 Å². The van der Waals surface area contributed by atoms with Gasteiger partial charge in [0, 0.05) is 17.5 Å². The molecule has 0 fully saturated rings. The van der Waals surface area contributed by atoms with E-state index in [1.165, 1.54) is 36.0 Å². The molecule has 1 aromatic heterocycles. The van der Waals surface area contributed by atoms with Crippen molar-refractivity contribution in [3.8, 4) is 16.3 Å². The van der Waals surface area contributed by atoms with Crippen LogP contribution in [0.4, 0.5) is 13.2 Å². The minimum Gasteiger partial charge on any atom is -0.406 e. The van der Waals surface area contributed by atoms with Gasteiger partial charge in [-0.2, -0.15) is 0 Å². The van der Waals surface area contributed by atoms with Gasteiger partial charge in [0.25, 0.3) is 0 Å². The van der Waals surface area contributed by atoms with E-state index in [2.05, 4.69) is 27.2 Å². The molecule has 0 bridgehead atoms. The fourth-order valence-corrected chi connectivity index (χ4v) is 4.07. The summed E-state index contributed by atoms with van der Waals surface area (Å²) in [4.78, 5) is 11.7. The minimum atomic E-state index is -4.84. The number of amides is 1. The van der Waals surface area contributed by atoms with Gasteiger partial charge in [-0.3, -0.25) is 4.79 Å². The third-order valence-electron chi connectivity index (χ3n) is 4.34. The summed E-state index contributed by atoms with van der Waals surface area (Å²) >= 11 is 7.12. The average molecular weight is 470 g/mol. The maximum atomic E-state index is 12.6. The number of benzene rings is 2. The zero-order valence-electron chi connectivity index (χ0n) is 16.7. The second kappa shape index (κ2) is 9.65. The van der Waals surface area contributed by atoms with Gasteiger partial charge >= 0.3 is 6.36 Å². The standard InChI is InChI=1S/C21H19ClF3N3O2S/c1-3-13-4-6-14(7-5-13)8-18(26-12(2)29)20-28-27-19(31-20)15-9-16(22)11-17(10-15)30-21(23,24)25/h4-7,9-11,18H,3,8H2,1-2H3,(H,26,29). The molecule has 0 aliphatic carbocycles. The Balaban J connectivity index is 1.87. The first-order chi connectivity index (χ1) is 14.6. The molecule has 10 heteroatoms. The number of aromatic nitrogens is 2. The normalized spacial score (nSPS) is 12.5. The molecule has 2 aromatic carbocycles. The van der Waals surface area contributed by atoms with E-state index >= 15 is 0 Å². The molecule has 0 aliphatic heterocycles. The van der Waals surface area contributed by atoms with Crippen molar-refractivity contribution in [2.45, 2.75) is 39.1 Å². The van der Waals surface area contributed by atoms with E-state index in [1.807, 2.05) is 24.3 Å². The highest BCUT2D eigenvalue weighted by Crippen LogP contribution is 2.34. The van der Waals surface area contributed by atoms with Crippen LogP contribution in [0.5, 0.6) is 5.75 Å². The monoisotopic (exact) mass is 469 g/mol.